The second-order valence-electron chi connectivity index (χ2n) is 4.53. The van der Waals surface area contributed by atoms with Crippen LogP contribution in [0, 0.1) is 6.92 Å². The summed E-state index contributed by atoms with van der Waals surface area (Å²) in [4.78, 5) is 4.11. The fourth-order valence-corrected chi connectivity index (χ4v) is 1.65. The van der Waals surface area contributed by atoms with Gasteiger partial charge in [-0.05, 0) is 19.9 Å². The lowest BCUT2D eigenvalue weighted by atomic mass is 10.3. The molecular formula is C12H20N6O2. The molecule has 0 bridgehead atoms. The van der Waals surface area contributed by atoms with Gasteiger partial charge in [-0.3, -0.25) is 0 Å². The molecule has 110 valence electrons. The van der Waals surface area contributed by atoms with Crippen molar-refractivity contribution in [1.82, 2.24) is 25.7 Å². The summed E-state index contributed by atoms with van der Waals surface area (Å²) in [6.07, 6.45) is 1.70. The summed E-state index contributed by atoms with van der Waals surface area (Å²) in [5.41, 5.74) is 0. The lowest BCUT2D eigenvalue weighted by Gasteiger charge is -2.07. The van der Waals surface area contributed by atoms with E-state index < -0.39 is 0 Å². The van der Waals surface area contributed by atoms with Crippen molar-refractivity contribution in [3.05, 3.63) is 17.6 Å². The molecule has 8 heteroatoms. The van der Waals surface area contributed by atoms with Gasteiger partial charge in [-0.1, -0.05) is 17.2 Å². The largest absolute Gasteiger partial charge is 0.406 e. The minimum Gasteiger partial charge on any atom is -0.406 e. The van der Waals surface area contributed by atoms with Crippen LogP contribution >= 0.6 is 0 Å². The van der Waals surface area contributed by atoms with Gasteiger partial charge in [-0.25, -0.2) is 0 Å². The maximum atomic E-state index is 5.53. The van der Waals surface area contributed by atoms with Crippen LogP contribution in [0.3, 0.4) is 0 Å². The van der Waals surface area contributed by atoms with Crippen LogP contribution in [0.5, 0.6) is 0 Å². The first-order valence-corrected chi connectivity index (χ1v) is 6.79. The van der Waals surface area contributed by atoms with Crippen LogP contribution in [0.2, 0.25) is 0 Å². The molecule has 2 rings (SSSR count). The molecule has 0 radical (unpaired) electrons. The second-order valence-corrected chi connectivity index (χ2v) is 4.53. The summed E-state index contributed by atoms with van der Waals surface area (Å²) in [6.45, 7) is 7.40. The molecule has 0 aliphatic rings. The van der Waals surface area contributed by atoms with Crippen LogP contribution in [-0.4, -0.2) is 33.4 Å². The number of aryl methyl sites for hydroxylation is 1. The van der Waals surface area contributed by atoms with E-state index in [0.29, 0.717) is 36.6 Å². The number of hydrogen-bond donors (Lipinski definition) is 2. The summed E-state index contributed by atoms with van der Waals surface area (Å²) in [6, 6.07) is 0.461. The van der Waals surface area contributed by atoms with Gasteiger partial charge in [-0.15, -0.1) is 5.10 Å². The van der Waals surface area contributed by atoms with E-state index in [4.69, 9.17) is 8.94 Å². The van der Waals surface area contributed by atoms with E-state index in [1.165, 1.54) is 0 Å². The Labute approximate surface area is 117 Å². The third-order valence-corrected chi connectivity index (χ3v) is 2.71. The summed E-state index contributed by atoms with van der Waals surface area (Å²) in [5, 5.41) is 18.1. The Balaban J connectivity index is 1.77. The molecule has 0 saturated heterocycles. The molecule has 0 spiro atoms. The van der Waals surface area contributed by atoms with Crippen LogP contribution in [0.1, 0.15) is 43.9 Å². The zero-order chi connectivity index (χ0) is 14.4. The Kier molecular flexibility index (Phi) is 5.05. The predicted octanol–water partition coefficient (Wildman–Crippen LogP) is 1.48. The number of nitrogens with one attached hydrogen (secondary N) is 2. The predicted molar refractivity (Wildman–Crippen MR) is 72.2 cm³/mol. The van der Waals surface area contributed by atoms with Crippen LogP contribution in [0.15, 0.2) is 8.94 Å². The quantitative estimate of drug-likeness (QED) is 0.749. The molecule has 20 heavy (non-hydrogen) atoms. The van der Waals surface area contributed by atoms with E-state index >= 15 is 0 Å². The number of nitrogens with zero attached hydrogens (tertiary/aromatic N) is 4. The van der Waals surface area contributed by atoms with Crippen LogP contribution < -0.4 is 10.6 Å². The van der Waals surface area contributed by atoms with Crippen molar-refractivity contribution in [3.63, 3.8) is 0 Å². The number of anilines is 1. The van der Waals surface area contributed by atoms with E-state index in [2.05, 4.69) is 37.9 Å². The van der Waals surface area contributed by atoms with E-state index in [0.717, 1.165) is 13.0 Å². The number of aromatic nitrogens is 4. The molecule has 1 unspecified atom stereocenters. The van der Waals surface area contributed by atoms with Crippen LogP contribution in [0.25, 0.3) is 0 Å². The van der Waals surface area contributed by atoms with Crippen molar-refractivity contribution < 1.29 is 8.94 Å². The monoisotopic (exact) mass is 280 g/mol. The molecule has 2 aromatic rings. The molecule has 0 amide bonds. The average Bonchev–Trinajstić information content (AvgIpc) is 3.05. The highest BCUT2D eigenvalue weighted by molar-refractivity contribution is 5.17. The van der Waals surface area contributed by atoms with Gasteiger partial charge in [0.1, 0.15) is 0 Å². The number of rotatable bonds is 8. The first-order valence-electron chi connectivity index (χ1n) is 6.79. The molecule has 0 aliphatic carbocycles. The first kappa shape index (κ1) is 14.4. The average molecular weight is 280 g/mol. The third kappa shape index (κ3) is 4.02. The van der Waals surface area contributed by atoms with Gasteiger partial charge < -0.3 is 19.6 Å². The third-order valence-electron chi connectivity index (χ3n) is 2.71. The van der Waals surface area contributed by atoms with Crippen molar-refractivity contribution in [1.29, 1.82) is 0 Å². The summed E-state index contributed by atoms with van der Waals surface area (Å²) in [5.74, 6) is 1.81. The zero-order valence-electron chi connectivity index (χ0n) is 12.0. The number of hydrogen-bond acceptors (Lipinski definition) is 8. The minimum atomic E-state index is 0.0536. The first-order chi connectivity index (χ1) is 9.69. The van der Waals surface area contributed by atoms with Gasteiger partial charge in [0.25, 0.3) is 0 Å². The van der Waals surface area contributed by atoms with Gasteiger partial charge >= 0.3 is 6.01 Å². The van der Waals surface area contributed by atoms with Crippen molar-refractivity contribution in [2.24, 2.45) is 0 Å². The second kappa shape index (κ2) is 6.99. The highest BCUT2D eigenvalue weighted by Crippen LogP contribution is 2.13. The van der Waals surface area contributed by atoms with E-state index in [9.17, 15) is 0 Å². The molecule has 0 saturated carbocycles. The molecule has 0 aliphatic heterocycles. The van der Waals surface area contributed by atoms with Gasteiger partial charge in [0.15, 0.2) is 5.82 Å². The topological polar surface area (TPSA) is 102 Å². The van der Waals surface area contributed by atoms with E-state index in [1.807, 2.05) is 6.92 Å². The van der Waals surface area contributed by atoms with Crippen molar-refractivity contribution in [2.75, 3.05) is 18.4 Å². The Morgan fingerprint density at radius 1 is 1.25 bits per heavy atom. The van der Waals surface area contributed by atoms with Crippen molar-refractivity contribution >= 4 is 6.01 Å². The van der Waals surface area contributed by atoms with Gasteiger partial charge in [0, 0.05) is 19.9 Å². The normalized spacial score (nSPS) is 12.6. The maximum absolute atomic E-state index is 5.53. The Morgan fingerprint density at radius 2 is 2.10 bits per heavy atom. The molecule has 1 atom stereocenters. The van der Waals surface area contributed by atoms with Gasteiger partial charge in [-0.2, -0.15) is 4.98 Å². The van der Waals surface area contributed by atoms with Crippen molar-refractivity contribution in [3.8, 4) is 0 Å². The minimum absolute atomic E-state index is 0.0536. The van der Waals surface area contributed by atoms with Gasteiger partial charge in [0.05, 0.1) is 6.04 Å². The van der Waals surface area contributed by atoms with Crippen molar-refractivity contribution in [2.45, 2.75) is 39.7 Å². The fraction of sp³-hybridized carbons (Fsp3) is 0.667. The molecule has 2 aromatic heterocycles. The molecule has 0 fully saturated rings. The summed E-state index contributed by atoms with van der Waals surface area (Å²) >= 11 is 0. The highest BCUT2D eigenvalue weighted by atomic mass is 16.5. The molecule has 0 aromatic carbocycles. The summed E-state index contributed by atoms with van der Waals surface area (Å²) in [7, 11) is 0. The molecule has 2 N–H and O–H groups in total. The smallest absolute Gasteiger partial charge is 0.315 e. The maximum Gasteiger partial charge on any atom is 0.315 e. The van der Waals surface area contributed by atoms with Crippen LogP contribution in [0.4, 0.5) is 6.01 Å². The summed E-state index contributed by atoms with van der Waals surface area (Å²) < 4.78 is 10.4. The Morgan fingerprint density at radius 3 is 2.80 bits per heavy atom. The Hall–Kier alpha value is -1.96. The van der Waals surface area contributed by atoms with E-state index in [-0.39, 0.29) is 6.04 Å². The standard InChI is InChI=1S/C12H20N6O2/c1-4-6-13-8(2)11-16-17-12(19-11)14-7-5-10-15-9(3)20-18-10/h8,13H,4-7H2,1-3H3,(H,14,17). The van der Waals surface area contributed by atoms with Gasteiger partial charge in [0.2, 0.25) is 11.8 Å². The van der Waals surface area contributed by atoms with E-state index in [1.54, 1.807) is 6.92 Å². The lowest BCUT2D eigenvalue weighted by molar-refractivity contribution is 0.387. The van der Waals surface area contributed by atoms with Crippen LogP contribution in [-0.2, 0) is 6.42 Å². The lowest BCUT2D eigenvalue weighted by Crippen LogP contribution is -2.19. The molecule has 8 nitrogen and oxygen atoms in total. The molecule has 2 heterocycles. The zero-order valence-corrected chi connectivity index (χ0v) is 12.0. The highest BCUT2D eigenvalue weighted by Gasteiger charge is 2.12. The SMILES string of the molecule is CCCNC(C)c1nnc(NCCc2noc(C)n2)o1. The molecular weight excluding hydrogens is 260 g/mol. The Bertz CT molecular complexity index is 524. The fourth-order valence-electron chi connectivity index (χ4n) is 1.65.